The maximum atomic E-state index is 5.36. The number of ether oxygens (including phenoxy) is 2. The average molecular weight is 178 g/mol. The SMILES string of the molecule is CCCCOC(COC)O[SiH3]. The predicted octanol–water partition coefficient (Wildman–Crippen LogP) is 0.0726. The number of hydrogen-bond acceptors (Lipinski definition) is 3. The highest BCUT2D eigenvalue weighted by atomic mass is 28.2. The van der Waals surface area contributed by atoms with Crippen molar-refractivity contribution in [3.8, 4) is 0 Å². The first kappa shape index (κ1) is 11.1. The summed E-state index contributed by atoms with van der Waals surface area (Å²) >= 11 is 0. The van der Waals surface area contributed by atoms with E-state index in [2.05, 4.69) is 6.92 Å². The van der Waals surface area contributed by atoms with Gasteiger partial charge in [0.1, 0.15) is 10.5 Å². The minimum atomic E-state index is -0.141. The number of unbranched alkanes of at least 4 members (excludes halogenated alkanes) is 1. The molecule has 0 aliphatic carbocycles. The molecule has 0 aliphatic heterocycles. The van der Waals surface area contributed by atoms with Crippen LogP contribution in [0.15, 0.2) is 0 Å². The van der Waals surface area contributed by atoms with Crippen molar-refractivity contribution < 1.29 is 13.9 Å². The maximum Gasteiger partial charge on any atom is 0.170 e. The van der Waals surface area contributed by atoms with Crippen molar-refractivity contribution in [1.82, 2.24) is 0 Å². The van der Waals surface area contributed by atoms with Gasteiger partial charge in [-0.3, -0.25) is 0 Å². The van der Waals surface area contributed by atoms with Crippen molar-refractivity contribution in [2.75, 3.05) is 20.3 Å². The maximum absolute atomic E-state index is 5.36. The zero-order chi connectivity index (χ0) is 8.53. The first-order valence-electron chi connectivity index (χ1n) is 3.98. The molecule has 0 spiro atoms. The molecule has 0 aromatic rings. The second-order valence-electron chi connectivity index (χ2n) is 2.34. The molecular formula is C7H18O3Si. The molecule has 0 bridgehead atoms. The van der Waals surface area contributed by atoms with Gasteiger partial charge in [-0.25, -0.2) is 0 Å². The van der Waals surface area contributed by atoms with E-state index in [1.807, 2.05) is 0 Å². The zero-order valence-corrected chi connectivity index (χ0v) is 9.63. The van der Waals surface area contributed by atoms with Crippen LogP contribution in [-0.4, -0.2) is 37.1 Å². The average Bonchev–Trinajstić information content (AvgIpc) is 2.03. The Morgan fingerprint density at radius 1 is 1.45 bits per heavy atom. The van der Waals surface area contributed by atoms with E-state index in [1.165, 1.54) is 0 Å². The van der Waals surface area contributed by atoms with E-state index < -0.39 is 0 Å². The Morgan fingerprint density at radius 3 is 2.64 bits per heavy atom. The fourth-order valence-corrected chi connectivity index (χ4v) is 0.952. The van der Waals surface area contributed by atoms with Crippen LogP contribution in [0.3, 0.4) is 0 Å². The first-order valence-corrected chi connectivity index (χ1v) is 4.80. The van der Waals surface area contributed by atoms with E-state index in [0.29, 0.717) is 17.1 Å². The lowest BCUT2D eigenvalue weighted by atomic mass is 10.4. The molecule has 1 atom stereocenters. The zero-order valence-electron chi connectivity index (χ0n) is 7.63. The molecule has 68 valence electrons. The third kappa shape index (κ3) is 6.49. The van der Waals surface area contributed by atoms with Gasteiger partial charge in [-0.15, -0.1) is 0 Å². The molecule has 0 saturated carbocycles. The van der Waals surface area contributed by atoms with Gasteiger partial charge in [-0.2, -0.15) is 0 Å². The molecular weight excluding hydrogens is 160 g/mol. The van der Waals surface area contributed by atoms with Gasteiger partial charge in [0.15, 0.2) is 6.29 Å². The Balaban J connectivity index is 3.20. The van der Waals surface area contributed by atoms with Gasteiger partial charge >= 0.3 is 0 Å². The smallest absolute Gasteiger partial charge is 0.170 e. The van der Waals surface area contributed by atoms with Crippen molar-refractivity contribution in [2.45, 2.75) is 26.1 Å². The first-order chi connectivity index (χ1) is 5.35. The Labute approximate surface area is 71.6 Å². The summed E-state index contributed by atoms with van der Waals surface area (Å²) in [6.45, 7) is 3.44. The van der Waals surface area contributed by atoms with Gasteiger partial charge in [0.2, 0.25) is 0 Å². The summed E-state index contributed by atoms with van der Waals surface area (Å²) in [5.41, 5.74) is 0. The largest absolute Gasteiger partial charge is 0.402 e. The molecule has 0 heterocycles. The minimum Gasteiger partial charge on any atom is -0.402 e. The van der Waals surface area contributed by atoms with Gasteiger partial charge < -0.3 is 13.9 Å². The summed E-state index contributed by atoms with van der Waals surface area (Å²) < 4.78 is 15.4. The third-order valence-corrected chi connectivity index (χ3v) is 1.89. The molecule has 0 saturated heterocycles. The van der Waals surface area contributed by atoms with Gasteiger partial charge in [-0.1, -0.05) is 13.3 Å². The third-order valence-electron chi connectivity index (χ3n) is 1.37. The molecule has 0 fully saturated rings. The number of methoxy groups -OCH3 is 1. The highest BCUT2D eigenvalue weighted by Crippen LogP contribution is 1.96. The summed E-state index contributed by atoms with van der Waals surface area (Å²) in [6, 6.07) is 0. The lowest BCUT2D eigenvalue weighted by Crippen LogP contribution is -2.22. The van der Waals surface area contributed by atoms with Crippen LogP contribution >= 0.6 is 0 Å². The van der Waals surface area contributed by atoms with Crippen LogP contribution in [0.4, 0.5) is 0 Å². The Morgan fingerprint density at radius 2 is 2.18 bits per heavy atom. The Bertz CT molecular complexity index is 80.1. The summed E-state index contributed by atoms with van der Waals surface area (Å²) in [5, 5.41) is 0. The summed E-state index contributed by atoms with van der Waals surface area (Å²) in [6.07, 6.45) is 2.10. The quantitative estimate of drug-likeness (QED) is 0.314. The van der Waals surface area contributed by atoms with Crippen LogP contribution in [0.5, 0.6) is 0 Å². The molecule has 11 heavy (non-hydrogen) atoms. The minimum absolute atomic E-state index is 0.141. The molecule has 1 unspecified atom stereocenters. The molecule has 0 rings (SSSR count). The van der Waals surface area contributed by atoms with E-state index in [4.69, 9.17) is 13.9 Å². The normalized spacial score (nSPS) is 13.6. The van der Waals surface area contributed by atoms with Crippen molar-refractivity contribution >= 4 is 10.5 Å². The Kier molecular flexibility index (Phi) is 8.27. The fourth-order valence-electron chi connectivity index (χ4n) is 0.679. The monoisotopic (exact) mass is 178 g/mol. The molecule has 0 aliphatic rings. The summed E-state index contributed by atoms with van der Waals surface area (Å²) in [4.78, 5) is 0. The van der Waals surface area contributed by atoms with Crippen LogP contribution in [-0.2, 0) is 13.9 Å². The molecule has 3 nitrogen and oxygen atoms in total. The molecule has 0 radical (unpaired) electrons. The molecule has 0 aromatic heterocycles. The van der Waals surface area contributed by atoms with Gasteiger partial charge in [0.05, 0.1) is 6.61 Å². The lowest BCUT2D eigenvalue weighted by molar-refractivity contribution is -0.112. The molecule has 0 N–H and O–H groups in total. The second kappa shape index (κ2) is 8.20. The number of hydrogen-bond donors (Lipinski definition) is 0. The standard InChI is InChI=1S/C7H18O3Si/c1-3-4-5-9-7(10-11)6-8-2/h7H,3-6H2,1-2,11H3. The highest BCUT2D eigenvalue weighted by Gasteiger charge is 2.04. The van der Waals surface area contributed by atoms with Crippen LogP contribution in [0.2, 0.25) is 0 Å². The van der Waals surface area contributed by atoms with Crippen molar-refractivity contribution in [1.29, 1.82) is 0 Å². The van der Waals surface area contributed by atoms with E-state index in [1.54, 1.807) is 7.11 Å². The van der Waals surface area contributed by atoms with Crippen LogP contribution < -0.4 is 0 Å². The second-order valence-corrected chi connectivity index (χ2v) is 2.82. The Hall–Kier alpha value is 0.0969. The van der Waals surface area contributed by atoms with Crippen molar-refractivity contribution in [3.63, 3.8) is 0 Å². The van der Waals surface area contributed by atoms with Gasteiger partial charge in [-0.05, 0) is 6.42 Å². The van der Waals surface area contributed by atoms with Crippen molar-refractivity contribution in [2.24, 2.45) is 0 Å². The fraction of sp³-hybridized carbons (Fsp3) is 1.00. The van der Waals surface area contributed by atoms with Crippen LogP contribution in [0, 0.1) is 0 Å². The van der Waals surface area contributed by atoms with Crippen LogP contribution in [0.25, 0.3) is 0 Å². The molecule has 0 amide bonds. The summed E-state index contributed by atoms with van der Waals surface area (Å²) in [5.74, 6) is 0. The van der Waals surface area contributed by atoms with E-state index >= 15 is 0 Å². The van der Waals surface area contributed by atoms with E-state index in [0.717, 1.165) is 19.4 Å². The van der Waals surface area contributed by atoms with Gasteiger partial charge in [0, 0.05) is 13.7 Å². The number of rotatable bonds is 7. The lowest BCUT2D eigenvalue weighted by Gasteiger charge is -2.15. The van der Waals surface area contributed by atoms with E-state index in [9.17, 15) is 0 Å². The molecule has 0 aromatic carbocycles. The summed E-state index contributed by atoms with van der Waals surface area (Å²) in [7, 11) is 2.35. The van der Waals surface area contributed by atoms with Crippen molar-refractivity contribution in [3.05, 3.63) is 0 Å². The van der Waals surface area contributed by atoms with Crippen LogP contribution in [0.1, 0.15) is 19.8 Å². The van der Waals surface area contributed by atoms with E-state index in [-0.39, 0.29) is 6.29 Å². The molecule has 4 heteroatoms. The van der Waals surface area contributed by atoms with Gasteiger partial charge in [0.25, 0.3) is 0 Å². The topological polar surface area (TPSA) is 27.7 Å². The predicted molar refractivity (Wildman–Crippen MR) is 47.5 cm³/mol. The highest BCUT2D eigenvalue weighted by molar-refractivity contribution is 5.98.